The van der Waals surface area contributed by atoms with Gasteiger partial charge in [0.15, 0.2) is 0 Å². The number of nitrogens with one attached hydrogen (secondary N) is 2. The Morgan fingerprint density at radius 3 is 2.75 bits per heavy atom. The largest absolute Gasteiger partial charge is 0.495 e. The van der Waals surface area contributed by atoms with E-state index < -0.39 is 0 Å². The van der Waals surface area contributed by atoms with Crippen LogP contribution in [0.1, 0.15) is 32.0 Å². The number of carbonyl (C=O) groups is 1. The second-order valence-corrected chi connectivity index (χ2v) is 7.65. The van der Waals surface area contributed by atoms with Gasteiger partial charge in [0.2, 0.25) is 17.8 Å². The third kappa shape index (κ3) is 7.03. The van der Waals surface area contributed by atoms with E-state index in [-0.39, 0.29) is 17.8 Å². The molecule has 0 unspecified atom stereocenters. The number of hydrogen-bond acceptors (Lipinski definition) is 9. The van der Waals surface area contributed by atoms with Crippen LogP contribution in [0.3, 0.4) is 0 Å². The molecule has 1 fully saturated rings. The number of hydrogen-bond donors (Lipinski definition) is 3. The van der Waals surface area contributed by atoms with Crippen LogP contribution >= 0.6 is 0 Å². The molecule has 1 aliphatic heterocycles. The Balaban J connectivity index is 1.50. The van der Waals surface area contributed by atoms with Crippen molar-refractivity contribution >= 4 is 23.5 Å². The molecule has 174 valence electrons. The van der Waals surface area contributed by atoms with E-state index in [9.17, 15) is 4.79 Å². The number of anilines is 3. The zero-order chi connectivity index (χ0) is 22.8. The summed E-state index contributed by atoms with van der Waals surface area (Å²) in [5, 5.41) is 6.17. The van der Waals surface area contributed by atoms with E-state index in [0.717, 1.165) is 38.0 Å². The van der Waals surface area contributed by atoms with Crippen LogP contribution in [0.15, 0.2) is 24.3 Å². The van der Waals surface area contributed by atoms with E-state index >= 15 is 0 Å². The summed E-state index contributed by atoms with van der Waals surface area (Å²) < 4.78 is 10.7. The van der Waals surface area contributed by atoms with Gasteiger partial charge in [0.1, 0.15) is 11.6 Å². The summed E-state index contributed by atoms with van der Waals surface area (Å²) in [4.78, 5) is 27.6. The van der Waals surface area contributed by atoms with E-state index in [1.165, 1.54) is 0 Å². The number of nitrogens with two attached hydrogens (primary N) is 1. The van der Waals surface area contributed by atoms with Gasteiger partial charge >= 0.3 is 0 Å². The fourth-order valence-electron chi connectivity index (χ4n) is 3.66. The van der Waals surface area contributed by atoms with Crippen molar-refractivity contribution in [1.82, 2.24) is 25.2 Å². The highest BCUT2D eigenvalue weighted by atomic mass is 16.5. The van der Waals surface area contributed by atoms with Crippen molar-refractivity contribution in [3.05, 3.63) is 30.1 Å². The number of amides is 1. The molecule has 0 radical (unpaired) electrons. The average molecular weight is 444 g/mol. The summed E-state index contributed by atoms with van der Waals surface area (Å²) in [7, 11) is 1.61. The molecule has 4 N–H and O–H groups in total. The van der Waals surface area contributed by atoms with Gasteiger partial charge < -0.3 is 25.8 Å². The van der Waals surface area contributed by atoms with Crippen molar-refractivity contribution in [1.29, 1.82) is 0 Å². The van der Waals surface area contributed by atoms with E-state index in [1.54, 1.807) is 7.11 Å². The molecule has 32 heavy (non-hydrogen) atoms. The Hall–Kier alpha value is -2.98. The standard InChI is InChI=1S/C22H33N7O3/c1-3-32-14-6-11-24-20(30)16-9-12-29(13-10-16)15-19-26-21(23)28-22(27-19)25-17-7-4-5-8-18(17)31-2/h4-5,7-8,16H,3,6,9-15H2,1-2H3,(H,24,30)(H3,23,25,26,27,28). The zero-order valence-electron chi connectivity index (χ0n) is 18.8. The molecule has 0 bridgehead atoms. The van der Waals surface area contributed by atoms with Gasteiger partial charge in [-0.3, -0.25) is 9.69 Å². The number of para-hydroxylation sites is 2. The number of likely N-dealkylation sites (tertiary alicyclic amines) is 1. The highest BCUT2D eigenvalue weighted by molar-refractivity contribution is 5.78. The second-order valence-electron chi connectivity index (χ2n) is 7.65. The summed E-state index contributed by atoms with van der Waals surface area (Å²) in [6, 6.07) is 7.52. The number of carbonyl (C=O) groups excluding carboxylic acids is 1. The highest BCUT2D eigenvalue weighted by Crippen LogP contribution is 2.26. The predicted molar refractivity (Wildman–Crippen MR) is 123 cm³/mol. The molecule has 3 rings (SSSR count). The third-order valence-corrected chi connectivity index (χ3v) is 5.34. The maximum Gasteiger partial charge on any atom is 0.232 e. The first-order valence-corrected chi connectivity index (χ1v) is 11.1. The molecule has 2 heterocycles. The number of ether oxygens (including phenoxy) is 2. The van der Waals surface area contributed by atoms with E-state index in [4.69, 9.17) is 15.2 Å². The topological polar surface area (TPSA) is 128 Å². The molecule has 0 saturated carbocycles. The predicted octanol–water partition coefficient (Wildman–Crippen LogP) is 1.96. The molecule has 2 aromatic rings. The number of methoxy groups -OCH3 is 1. The lowest BCUT2D eigenvalue weighted by Crippen LogP contribution is -2.40. The van der Waals surface area contributed by atoms with E-state index in [2.05, 4.69) is 30.5 Å². The summed E-state index contributed by atoms with van der Waals surface area (Å²) in [5.74, 6) is 1.99. The second kappa shape index (κ2) is 12.2. The first-order chi connectivity index (χ1) is 15.6. The third-order valence-electron chi connectivity index (χ3n) is 5.34. The smallest absolute Gasteiger partial charge is 0.232 e. The van der Waals surface area contributed by atoms with Crippen LogP contribution in [-0.2, 0) is 16.1 Å². The Morgan fingerprint density at radius 2 is 2.00 bits per heavy atom. The molecule has 10 heteroatoms. The van der Waals surface area contributed by atoms with Crippen LogP contribution in [0.2, 0.25) is 0 Å². The van der Waals surface area contributed by atoms with Crippen molar-refractivity contribution in [2.45, 2.75) is 32.7 Å². The lowest BCUT2D eigenvalue weighted by atomic mass is 9.96. The van der Waals surface area contributed by atoms with Crippen molar-refractivity contribution in [3.8, 4) is 5.75 Å². The van der Waals surface area contributed by atoms with Gasteiger partial charge in [-0.1, -0.05) is 12.1 Å². The van der Waals surface area contributed by atoms with Crippen molar-refractivity contribution in [3.63, 3.8) is 0 Å². The quantitative estimate of drug-likeness (QED) is 0.447. The van der Waals surface area contributed by atoms with Crippen LogP contribution < -0.4 is 21.1 Å². The Labute approximate surface area is 188 Å². The molecule has 1 aliphatic rings. The van der Waals surface area contributed by atoms with Crippen molar-refractivity contribution in [2.75, 3.05) is 51.0 Å². The van der Waals surface area contributed by atoms with Gasteiger partial charge in [0.25, 0.3) is 0 Å². The number of nitrogens with zero attached hydrogens (tertiary/aromatic N) is 4. The fourth-order valence-corrected chi connectivity index (χ4v) is 3.66. The van der Waals surface area contributed by atoms with Gasteiger partial charge in [-0.25, -0.2) is 0 Å². The summed E-state index contributed by atoms with van der Waals surface area (Å²) in [5.41, 5.74) is 6.66. The molecule has 1 aromatic carbocycles. The number of nitrogen functional groups attached to an aromatic ring is 1. The van der Waals surface area contributed by atoms with Crippen LogP contribution in [-0.4, -0.2) is 65.7 Å². The normalized spacial score (nSPS) is 14.8. The molecule has 1 saturated heterocycles. The number of piperidine rings is 1. The van der Waals surface area contributed by atoms with Gasteiger partial charge in [-0.2, -0.15) is 15.0 Å². The molecule has 0 atom stereocenters. The Kier molecular flexibility index (Phi) is 9.00. The van der Waals surface area contributed by atoms with Gasteiger partial charge in [0.05, 0.1) is 19.3 Å². The first-order valence-electron chi connectivity index (χ1n) is 11.1. The average Bonchev–Trinajstić information content (AvgIpc) is 2.79. The van der Waals surface area contributed by atoms with Gasteiger partial charge in [0, 0.05) is 25.7 Å². The van der Waals surface area contributed by atoms with Crippen molar-refractivity contribution < 1.29 is 14.3 Å². The maximum absolute atomic E-state index is 12.4. The lowest BCUT2D eigenvalue weighted by molar-refractivity contribution is -0.126. The summed E-state index contributed by atoms with van der Waals surface area (Å²) >= 11 is 0. The molecule has 1 aromatic heterocycles. The highest BCUT2D eigenvalue weighted by Gasteiger charge is 2.25. The van der Waals surface area contributed by atoms with Gasteiger partial charge in [-0.15, -0.1) is 0 Å². The lowest BCUT2D eigenvalue weighted by Gasteiger charge is -2.30. The summed E-state index contributed by atoms with van der Waals surface area (Å²) in [6.07, 6.45) is 2.46. The molecule has 10 nitrogen and oxygen atoms in total. The maximum atomic E-state index is 12.4. The fraction of sp³-hybridized carbons (Fsp3) is 0.545. The first kappa shape index (κ1) is 23.7. The molecule has 0 aliphatic carbocycles. The minimum absolute atomic E-state index is 0.0459. The van der Waals surface area contributed by atoms with Gasteiger partial charge in [-0.05, 0) is 51.4 Å². The Morgan fingerprint density at radius 1 is 1.22 bits per heavy atom. The van der Waals surface area contributed by atoms with Crippen LogP contribution in [0, 0.1) is 5.92 Å². The number of benzene rings is 1. The summed E-state index contributed by atoms with van der Waals surface area (Å²) in [6.45, 7) is 6.17. The molecular formula is C22H33N7O3. The molecular weight excluding hydrogens is 410 g/mol. The minimum atomic E-state index is 0.0459. The minimum Gasteiger partial charge on any atom is -0.495 e. The SMILES string of the molecule is CCOCCCNC(=O)C1CCN(Cc2nc(N)nc(Nc3ccccc3OC)n2)CC1. The van der Waals surface area contributed by atoms with Crippen LogP contribution in [0.5, 0.6) is 5.75 Å². The van der Waals surface area contributed by atoms with Crippen LogP contribution in [0.4, 0.5) is 17.6 Å². The van der Waals surface area contributed by atoms with Crippen LogP contribution in [0.25, 0.3) is 0 Å². The molecule has 1 amide bonds. The zero-order valence-corrected chi connectivity index (χ0v) is 18.8. The molecule has 0 spiro atoms. The number of aromatic nitrogens is 3. The number of rotatable bonds is 11. The monoisotopic (exact) mass is 443 g/mol. The van der Waals surface area contributed by atoms with E-state index in [1.807, 2.05) is 31.2 Å². The van der Waals surface area contributed by atoms with E-state index in [0.29, 0.717) is 43.8 Å². The van der Waals surface area contributed by atoms with Crippen molar-refractivity contribution in [2.24, 2.45) is 5.92 Å². The Bertz CT molecular complexity index is 872.